The van der Waals surface area contributed by atoms with E-state index in [9.17, 15) is 39.6 Å². The van der Waals surface area contributed by atoms with Crippen LogP contribution in [0.2, 0.25) is 0 Å². The highest BCUT2D eigenvalue weighted by Crippen LogP contribution is 2.34. The Balaban J connectivity index is 1.45. The first-order valence-corrected chi connectivity index (χ1v) is 12.2. The molecule has 2 aliphatic heterocycles. The lowest BCUT2D eigenvalue weighted by Gasteiger charge is -2.36. The van der Waals surface area contributed by atoms with E-state index in [1.54, 1.807) is 0 Å². The summed E-state index contributed by atoms with van der Waals surface area (Å²) in [6.45, 7) is -0.712. The average molecular weight is 538 g/mol. The van der Waals surface area contributed by atoms with Gasteiger partial charge < -0.3 is 9.64 Å². The van der Waals surface area contributed by atoms with Crippen molar-refractivity contribution in [1.29, 1.82) is 0 Å². The molecule has 36 heavy (non-hydrogen) atoms. The van der Waals surface area contributed by atoms with Crippen molar-refractivity contribution in [2.75, 3.05) is 19.6 Å². The number of ether oxygens (including phenoxy) is 1. The van der Waals surface area contributed by atoms with Gasteiger partial charge in [-0.2, -0.15) is 30.6 Å². The third kappa shape index (κ3) is 5.26. The summed E-state index contributed by atoms with van der Waals surface area (Å²) in [4.78, 5) is 22.6. The van der Waals surface area contributed by atoms with Gasteiger partial charge in [0.05, 0.1) is 23.7 Å². The van der Waals surface area contributed by atoms with Gasteiger partial charge in [-0.15, -0.1) is 0 Å². The smallest absolute Gasteiger partial charge is 0.439 e. The average Bonchev–Trinajstić information content (AvgIpc) is 2.82. The van der Waals surface area contributed by atoms with E-state index in [4.69, 9.17) is 4.74 Å². The third-order valence-corrected chi connectivity index (χ3v) is 7.64. The first-order chi connectivity index (χ1) is 16.8. The SMILES string of the molecule is O=C(C1CCCN(S(=O)(=O)C(F)(F)F)C1)N1CCc2c(ncnc2Oc2ccc(C(F)(F)F)cc2)C1. The minimum absolute atomic E-state index is 0.00256. The van der Waals surface area contributed by atoms with Crippen LogP contribution in [0.25, 0.3) is 0 Å². The summed E-state index contributed by atoms with van der Waals surface area (Å²) in [6.07, 6.45) is -2.73. The van der Waals surface area contributed by atoms with Crippen LogP contribution in [0.5, 0.6) is 11.6 Å². The van der Waals surface area contributed by atoms with Crippen molar-refractivity contribution in [3.05, 3.63) is 47.4 Å². The van der Waals surface area contributed by atoms with E-state index in [0.717, 1.165) is 24.3 Å². The maximum atomic E-state index is 13.0. The van der Waals surface area contributed by atoms with Crippen LogP contribution >= 0.6 is 0 Å². The number of hydrogen-bond acceptors (Lipinski definition) is 6. The summed E-state index contributed by atoms with van der Waals surface area (Å²) in [7, 11) is -5.53. The van der Waals surface area contributed by atoms with Gasteiger partial charge in [0.15, 0.2) is 0 Å². The summed E-state index contributed by atoms with van der Waals surface area (Å²) in [5, 5.41) is 0. The number of benzene rings is 1. The summed E-state index contributed by atoms with van der Waals surface area (Å²) in [5.41, 5.74) is -5.31. The van der Waals surface area contributed by atoms with E-state index in [-0.39, 0.29) is 50.5 Å². The van der Waals surface area contributed by atoms with Gasteiger partial charge in [-0.1, -0.05) is 0 Å². The highest BCUT2D eigenvalue weighted by atomic mass is 32.2. The minimum atomic E-state index is -5.53. The number of rotatable bonds is 4. The number of piperidine rings is 1. The Kier molecular flexibility index (Phi) is 6.90. The zero-order valence-corrected chi connectivity index (χ0v) is 19.3. The fourth-order valence-electron chi connectivity index (χ4n) is 4.19. The predicted octanol–water partition coefficient (Wildman–Crippen LogP) is 3.73. The van der Waals surface area contributed by atoms with Crippen molar-refractivity contribution in [1.82, 2.24) is 19.2 Å². The number of carbonyl (C=O) groups is 1. The molecule has 15 heteroatoms. The molecule has 1 unspecified atom stereocenters. The molecule has 1 saturated heterocycles. The molecule has 4 rings (SSSR count). The normalized spacial score (nSPS) is 19.6. The molecule has 0 N–H and O–H groups in total. The molecule has 1 aromatic heterocycles. The fraction of sp³-hybridized carbons (Fsp3) is 0.476. The van der Waals surface area contributed by atoms with E-state index in [2.05, 4.69) is 9.97 Å². The molecule has 2 aliphatic rings. The van der Waals surface area contributed by atoms with Crippen molar-refractivity contribution in [2.24, 2.45) is 5.92 Å². The van der Waals surface area contributed by atoms with E-state index in [1.807, 2.05) is 0 Å². The monoisotopic (exact) mass is 538 g/mol. The molecule has 1 amide bonds. The zero-order valence-electron chi connectivity index (χ0n) is 18.5. The number of alkyl halides is 6. The Bertz CT molecular complexity index is 1230. The minimum Gasteiger partial charge on any atom is -0.439 e. The Morgan fingerprint density at radius 2 is 1.72 bits per heavy atom. The topological polar surface area (TPSA) is 92.7 Å². The second-order valence-corrected chi connectivity index (χ2v) is 10.3. The largest absolute Gasteiger partial charge is 0.511 e. The van der Waals surface area contributed by atoms with Crippen LogP contribution in [0.4, 0.5) is 26.3 Å². The quantitative estimate of drug-likeness (QED) is 0.551. The molecule has 1 aromatic carbocycles. The summed E-state index contributed by atoms with van der Waals surface area (Å²) in [6, 6.07) is 4.05. The number of carbonyl (C=O) groups excluding carboxylic acids is 1. The van der Waals surface area contributed by atoms with Gasteiger partial charge >= 0.3 is 21.7 Å². The van der Waals surface area contributed by atoms with Gasteiger partial charge in [0.1, 0.15) is 12.1 Å². The second kappa shape index (κ2) is 9.50. The number of amides is 1. The van der Waals surface area contributed by atoms with Crippen LogP contribution in [0.1, 0.15) is 29.7 Å². The van der Waals surface area contributed by atoms with Gasteiger partial charge in [-0.25, -0.2) is 18.4 Å². The molecule has 1 atom stereocenters. The van der Waals surface area contributed by atoms with Crippen LogP contribution in [-0.2, 0) is 34.0 Å². The van der Waals surface area contributed by atoms with Crippen LogP contribution in [0.15, 0.2) is 30.6 Å². The predicted molar refractivity (Wildman–Crippen MR) is 112 cm³/mol. The molecular formula is C21H20F6N4O4S. The third-order valence-electron chi connectivity index (χ3n) is 6.04. The Morgan fingerprint density at radius 1 is 1.03 bits per heavy atom. The standard InChI is InChI=1S/C21H20F6N4O4S/c22-20(23,24)14-3-5-15(6-4-14)35-18-16-7-9-30(11-17(16)28-12-29-18)19(32)13-2-1-8-31(10-13)36(33,34)21(25,26)27/h3-6,12-13H,1-2,7-11H2. The maximum Gasteiger partial charge on any atom is 0.511 e. The second-order valence-electron chi connectivity index (χ2n) is 8.39. The van der Waals surface area contributed by atoms with Crippen molar-refractivity contribution < 1.29 is 44.3 Å². The zero-order chi connectivity index (χ0) is 26.3. The molecule has 196 valence electrons. The van der Waals surface area contributed by atoms with Crippen LogP contribution < -0.4 is 4.74 Å². The van der Waals surface area contributed by atoms with Gasteiger partial charge in [0.25, 0.3) is 0 Å². The van der Waals surface area contributed by atoms with Gasteiger partial charge in [-0.05, 0) is 43.5 Å². The van der Waals surface area contributed by atoms with Crippen LogP contribution in [0, 0.1) is 5.92 Å². The number of fused-ring (bicyclic) bond motifs is 1. The Morgan fingerprint density at radius 3 is 2.36 bits per heavy atom. The van der Waals surface area contributed by atoms with Crippen molar-refractivity contribution >= 4 is 15.9 Å². The van der Waals surface area contributed by atoms with E-state index < -0.39 is 45.6 Å². The number of aromatic nitrogens is 2. The lowest BCUT2D eigenvalue weighted by Crippen LogP contribution is -2.50. The summed E-state index contributed by atoms with van der Waals surface area (Å²) < 4.78 is 107. The molecule has 0 saturated carbocycles. The lowest BCUT2D eigenvalue weighted by molar-refractivity contribution is -0.138. The molecule has 0 radical (unpaired) electrons. The highest BCUT2D eigenvalue weighted by Gasteiger charge is 2.51. The molecule has 0 aliphatic carbocycles. The van der Waals surface area contributed by atoms with Crippen molar-refractivity contribution in [3.8, 4) is 11.6 Å². The Labute approximate surface area is 201 Å². The van der Waals surface area contributed by atoms with Crippen LogP contribution in [-0.4, -0.2) is 58.6 Å². The number of nitrogens with zero attached hydrogens (tertiary/aromatic N) is 4. The molecule has 3 heterocycles. The van der Waals surface area contributed by atoms with E-state index in [1.165, 1.54) is 11.2 Å². The van der Waals surface area contributed by atoms with Gasteiger partial charge in [0.2, 0.25) is 11.8 Å². The molecular weight excluding hydrogens is 518 g/mol. The first-order valence-electron chi connectivity index (χ1n) is 10.8. The number of halogens is 6. The lowest BCUT2D eigenvalue weighted by atomic mass is 9.96. The summed E-state index contributed by atoms with van der Waals surface area (Å²) in [5.74, 6) is -1.17. The van der Waals surface area contributed by atoms with E-state index >= 15 is 0 Å². The molecule has 0 spiro atoms. The van der Waals surface area contributed by atoms with Gasteiger partial charge in [0, 0.05) is 25.2 Å². The summed E-state index contributed by atoms with van der Waals surface area (Å²) >= 11 is 0. The molecule has 8 nitrogen and oxygen atoms in total. The maximum absolute atomic E-state index is 13.0. The molecule has 1 fully saturated rings. The highest BCUT2D eigenvalue weighted by molar-refractivity contribution is 7.90. The van der Waals surface area contributed by atoms with Crippen molar-refractivity contribution in [3.63, 3.8) is 0 Å². The van der Waals surface area contributed by atoms with Crippen molar-refractivity contribution in [2.45, 2.75) is 37.5 Å². The van der Waals surface area contributed by atoms with Crippen LogP contribution in [0.3, 0.4) is 0 Å². The first kappa shape index (κ1) is 26.1. The number of sulfonamides is 1. The van der Waals surface area contributed by atoms with E-state index in [0.29, 0.717) is 15.6 Å². The molecule has 2 aromatic rings. The Hall–Kier alpha value is -2.94. The molecule has 0 bridgehead atoms. The number of hydrogen-bond donors (Lipinski definition) is 0. The van der Waals surface area contributed by atoms with Gasteiger partial charge in [-0.3, -0.25) is 4.79 Å². The fourth-order valence-corrected chi connectivity index (χ4v) is 5.23.